The summed E-state index contributed by atoms with van der Waals surface area (Å²) in [6, 6.07) is 5.28. The molecule has 1 fully saturated rings. The average molecular weight is 369 g/mol. The van der Waals surface area contributed by atoms with Crippen molar-refractivity contribution in [2.45, 2.75) is 13.8 Å². The standard InChI is InChI=1S/C17H27N3O4S/c1-5-18-8-10-19(11-9-18)17(21)13-20(25(4,22)23)15-12-14(2)6-7-16(15)24-3/h6-7,12H,5,8-11,13H2,1-4H3. The summed E-state index contributed by atoms with van der Waals surface area (Å²) in [5.41, 5.74) is 1.29. The number of hydrogen-bond acceptors (Lipinski definition) is 5. The van der Waals surface area contributed by atoms with Crippen molar-refractivity contribution in [2.24, 2.45) is 0 Å². The minimum atomic E-state index is -3.62. The Kier molecular flexibility index (Phi) is 6.29. The molecule has 8 heteroatoms. The smallest absolute Gasteiger partial charge is 0.243 e. The van der Waals surface area contributed by atoms with Gasteiger partial charge in [-0.1, -0.05) is 13.0 Å². The molecular formula is C17H27N3O4S. The van der Waals surface area contributed by atoms with E-state index in [1.54, 1.807) is 17.0 Å². The average Bonchev–Trinajstić information content (AvgIpc) is 2.58. The number of sulfonamides is 1. The summed E-state index contributed by atoms with van der Waals surface area (Å²) in [6.45, 7) is 7.57. The molecule has 1 saturated heterocycles. The fourth-order valence-corrected chi connectivity index (χ4v) is 3.76. The second-order valence-electron chi connectivity index (χ2n) is 6.26. The van der Waals surface area contributed by atoms with Crippen LogP contribution in [0.1, 0.15) is 12.5 Å². The predicted octanol–water partition coefficient (Wildman–Crippen LogP) is 0.934. The fourth-order valence-electron chi connectivity index (χ4n) is 2.91. The van der Waals surface area contributed by atoms with Crippen molar-refractivity contribution < 1.29 is 17.9 Å². The van der Waals surface area contributed by atoms with Crippen LogP contribution in [-0.4, -0.2) is 76.8 Å². The number of benzene rings is 1. The monoisotopic (exact) mass is 369 g/mol. The maximum Gasteiger partial charge on any atom is 0.243 e. The minimum absolute atomic E-state index is 0.190. The zero-order chi connectivity index (χ0) is 18.6. The highest BCUT2D eigenvalue weighted by molar-refractivity contribution is 7.92. The number of piperazine rings is 1. The molecule has 0 aromatic heterocycles. The molecule has 0 N–H and O–H groups in total. The van der Waals surface area contributed by atoms with Gasteiger partial charge in [-0.2, -0.15) is 0 Å². The van der Waals surface area contributed by atoms with Crippen molar-refractivity contribution in [1.82, 2.24) is 9.80 Å². The van der Waals surface area contributed by atoms with E-state index in [4.69, 9.17) is 4.74 Å². The Bertz CT molecular complexity index is 713. The first kappa shape index (κ1) is 19.5. The van der Waals surface area contributed by atoms with E-state index in [0.717, 1.165) is 35.8 Å². The number of amides is 1. The van der Waals surface area contributed by atoms with Crippen LogP contribution < -0.4 is 9.04 Å². The Balaban J connectivity index is 2.23. The normalized spacial score (nSPS) is 15.9. The zero-order valence-corrected chi connectivity index (χ0v) is 16.2. The molecule has 0 saturated carbocycles. The van der Waals surface area contributed by atoms with E-state index >= 15 is 0 Å². The van der Waals surface area contributed by atoms with Gasteiger partial charge in [-0.25, -0.2) is 8.42 Å². The molecule has 7 nitrogen and oxygen atoms in total. The summed E-state index contributed by atoms with van der Waals surface area (Å²) >= 11 is 0. The number of ether oxygens (including phenoxy) is 1. The Morgan fingerprint density at radius 2 is 1.88 bits per heavy atom. The lowest BCUT2D eigenvalue weighted by Gasteiger charge is -2.35. The summed E-state index contributed by atoms with van der Waals surface area (Å²) in [4.78, 5) is 16.7. The van der Waals surface area contributed by atoms with Crippen LogP contribution in [0.3, 0.4) is 0 Å². The molecule has 1 aliphatic heterocycles. The van der Waals surface area contributed by atoms with Crippen molar-refractivity contribution in [3.63, 3.8) is 0 Å². The van der Waals surface area contributed by atoms with E-state index < -0.39 is 10.0 Å². The second kappa shape index (κ2) is 8.05. The van der Waals surface area contributed by atoms with Gasteiger partial charge in [0.25, 0.3) is 0 Å². The van der Waals surface area contributed by atoms with Crippen LogP contribution in [0.2, 0.25) is 0 Å². The lowest BCUT2D eigenvalue weighted by atomic mass is 10.2. The molecule has 2 rings (SSSR count). The lowest BCUT2D eigenvalue weighted by Crippen LogP contribution is -2.51. The van der Waals surface area contributed by atoms with Crippen molar-refractivity contribution in [2.75, 3.05) is 56.9 Å². The van der Waals surface area contributed by atoms with E-state index in [1.807, 2.05) is 13.0 Å². The number of hydrogen-bond donors (Lipinski definition) is 0. The first-order valence-electron chi connectivity index (χ1n) is 8.38. The number of nitrogens with zero attached hydrogens (tertiary/aromatic N) is 3. The molecule has 1 aromatic carbocycles. The topological polar surface area (TPSA) is 70.2 Å². The molecule has 140 valence electrons. The second-order valence-corrected chi connectivity index (χ2v) is 8.17. The SMILES string of the molecule is CCN1CCN(C(=O)CN(c2cc(C)ccc2OC)S(C)(=O)=O)CC1. The fraction of sp³-hybridized carbons (Fsp3) is 0.588. The molecular weight excluding hydrogens is 342 g/mol. The molecule has 1 heterocycles. The van der Waals surface area contributed by atoms with Gasteiger partial charge in [-0.05, 0) is 31.2 Å². The van der Waals surface area contributed by atoms with Crippen LogP contribution in [0.15, 0.2) is 18.2 Å². The number of likely N-dealkylation sites (N-methyl/N-ethyl adjacent to an activating group) is 1. The molecule has 1 aromatic rings. The molecule has 0 radical (unpaired) electrons. The third-order valence-corrected chi connectivity index (χ3v) is 5.58. The minimum Gasteiger partial charge on any atom is -0.495 e. The highest BCUT2D eigenvalue weighted by Crippen LogP contribution is 2.31. The van der Waals surface area contributed by atoms with E-state index in [-0.39, 0.29) is 12.5 Å². The summed E-state index contributed by atoms with van der Waals surface area (Å²) in [5.74, 6) is 0.240. The van der Waals surface area contributed by atoms with Gasteiger partial charge in [0, 0.05) is 26.2 Å². The number of aryl methyl sites for hydroxylation is 1. The number of methoxy groups -OCH3 is 1. The van der Waals surface area contributed by atoms with Gasteiger partial charge in [-0.3, -0.25) is 9.10 Å². The number of carbonyl (C=O) groups excluding carboxylic acids is 1. The highest BCUT2D eigenvalue weighted by Gasteiger charge is 2.28. The van der Waals surface area contributed by atoms with E-state index in [0.29, 0.717) is 24.5 Å². The Morgan fingerprint density at radius 1 is 1.24 bits per heavy atom. The van der Waals surface area contributed by atoms with Crippen LogP contribution in [0.4, 0.5) is 5.69 Å². The van der Waals surface area contributed by atoms with Crippen molar-refractivity contribution in [1.29, 1.82) is 0 Å². The quantitative estimate of drug-likeness (QED) is 0.746. The summed E-state index contributed by atoms with van der Waals surface area (Å²) in [5, 5.41) is 0. The van der Waals surface area contributed by atoms with Crippen molar-refractivity contribution in [3.8, 4) is 5.75 Å². The van der Waals surface area contributed by atoms with E-state index in [2.05, 4.69) is 11.8 Å². The molecule has 1 amide bonds. The first-order chi connectivity index (χ1) is 11.8. The molecule has 1 aliphatic rings. The molecule has 0 atom stereocenters. The maximum absolute atomic E-state index is 12.7. The first-order valence-corrected chi connectivity index (χ1v) is 10.2. The predicted molar refractivity (Wildman–Crippen MR) is 98.6 cm³/mol. The van der Waals surface area contributed by atoms with Gasteiger partial charge >= 0.3 is 0 Å². The van der Waals surface area contributed by atoms with Crippen molar-refractivity contribution in [3.05, 3.63) is 23.8 Å². The van der Waals surface area contributed by atoms with E-state index in [1.165, 1.54) is 7.11 Å². The summed E-state index contributed by atoms with van der Waals surface area (Å²) in [7, 11) is -2.13. The van der Waals surface area contributed by atoms with Crippen LogP contribution >= 0.6 is 0 Å². The lowest BCUT2D eigenvalue weighted by molar-refractivity contribution is -0.131. The molecule has 25 heavy (non-hydrogen) atoms. The van der Waals surface area contributed by atoms with Crippen LogP contribution in [0, 0.1) is 6.92 Å². The van der Waals surface area contributed by atoms with Gasteiger partial charge in [-0.15, -0.1) is 0 Å². The third-order valence-electron chi connectivity index (χ3n) is 4.45. The van der Waals surface area contributed by atoms with Crippen LogP contribution in [0.5, 0.6) is 5.75 Å². The largest absolute Gasteiger partial charge is 0.495 e. The maximum atomic E-state index is 12.7. The van der Waals surface area contributed by atoms with Gasteiger partial charge in [0.15, 0.2) is 0 Å². The molecule has 0 unspecified atom stereocenters. The van der Waals surface area contributed by atoms with Gasteiger partial charge in [0.1, 0.15) is 12.3 Å². The molecule has 0 spiro atoms. The Hall–Kier alpha value is -1.80. The number of anilines is 1. The zero-order valence-electron chi connectivity index (χ0n) is 15.4. The van der Waals surface area contributed by atoms with Gasteiger partial charge in [0.05, 0.1) is 19.1 Å². The van der Waals surface area contributed by atoms with E-state index in [9.17, 15) is 13.2 Å². The van der Waals surface area contributed by atoms with Gasteiger partial charge < -0.3 is 14.5 Å². The number of carbonyl (C=O) groups is 1. The van der Waals surface area contributed by atoms with Crippen LogP contribution in [-0.2, 0) is 14.8 Å². The van der Waals surface area contributed by atoms with Crippen molar-refractivity contribution >= 4 is 21.6 Å². The highest BCUT2D eigenvalue weighted by atomic mass is 32.2. The molecule has 0 aliphatic carbocycles. The Morgan fingerprint density at radius 3 is 2.40 bits per heavy atom. The van der Waals surface area contributed by atoms with Gasteiger partial charge in [0.2, 0.25) is 15.9 Å². The number of rotatable bonds is 6. The Labute approximate surface area is 150 Å². The summed E-state index contributed by atoms with van der Waals surface area (Å²) < 4.78 is 31.1. The van der Waals surface area contributed by atoms with Crippen LogP contribution in [0.25, 0.3) is 0 Å². The molecule has 0 bridgehead atoms. The third kappa shape index (κ3) is 4.85. The summed E-state index contributed by atoms with van der Waals surface area (Å²) in [6.07, 6.45) is 1.11.